The molecule has 1 aliphatic heterocycles. The number of nitrogens with one attached hydrogen (secondary N) is 1. The molecule has 1 atom stereocenters. The summed E-state index contributed by atoms with van der Waals surface area (Å²) in [6.07, 6.45) is 8.83. The number of rotatable bonds is 6. The van der Waals surface area contributed by atoms with Crippen molar-refractivity contribution >= 4 is 10.9 Å². The van der Waals surface area contributed by atoms with E-state index in [1.165, 1.54) is 38.5 Å². The summed E-state index contributed by atoms with van der Waals surface area (Å²) in [4.78, 5) is 19.2. The highest BCUT2D eigenvalue weighted by molar-refractivity contribution is 5.80. The Morgan fingerprint density at radius 3 is 2.65 bits per heavy atom. The summed E-state index contributed by atoms with van der Waals surface area (Å²) >= 11 is 0. The van der Waals surface area contributed by atoms with Crippen molar-refractivity contribution in [3.8, 4) is 5.75 Å². The average molecular weight is 499 g/mol. The van der Waals surface area contributed by atoms with Gasteiger partial charge in [-0.15, -0.1) is 5.10 Å². The smallest absolute Gasteiger partial charge is 0.253 e. The van der Waals surface area contributed by atoms with E-state index in [4.69, 9.17) is 4.74 Å². The molecular weight excluding hydrogens is 464 g/mol. The van der Waals surface area contributed by atoms with Crippen LogP contribution in [0.15, 0.2) is 59.4 Å². The number of aromatic nitrogens is 5. The molecule has 6 rings (SSSR count). The van der Waals surface area contributed by atoms with Gasteiger partial charge in [0.05, 0.1) is 19.2 Å². The molecule has 2 aromatic carbocycles. The van der Waals surface area contributed by atoms with Gasteiger partial charge in [0, 0.05) is 18.2 Å². The Bertz CT molecular complexity index is 1420. The predicted molar refractivity (Wildman–Crippen MR) is 143 cm³/mol. The van der Waals surface area contributed by atoms with Crippen molar-refractivity contribution in [2.24, 2.45) is 5.41 Å². The van der Waals surface area contributed by atoms with Gasteiger partial charge < -0.3 is 9.72 Å². The van der Waals surface area contributed by atoms with E-state index in [9.17, 15) is 4.79 Å². The fourth-order valence-corrected chi connectivity index (χ4v) is 6.48. The van der Waals surface area contributed by atoms with E-state index in [0.717, 1.165) is 47.6 Å². The molecule has 8 heteroatoms. The van der Waals surface area contributed by atoms with E-state index < -0.39 is 0 Å². The topological polar surface area (TPSA) is 88.9 Å². The minimum Gasteiger partial charge on any atom is -0.497 e. The average Bonchev–Trinajstić information content (AvgIpc) is 3.37. The number of methoxy groups -OCH3 is 1. The molecule has 3 heterocycles. The first-order valence-corrected chi connectivity index (χ1v) is 13.4. The van der Waals surface area contributed by atoms with Gasteiger partial charge in [0.2, 0.25) is 0 Å². The van der Waals surface area contributed by atoms with Gasteiger partial charge in [0.25, 0.3) is 5.56 Å². The SMILES string of the molecule is COc1ccc2cc(C(c3nnnn3Cc3ccccc3)N3CCCC4(CCCCC4)C3)c(=O)[nH]c2c1. The number of likely N-dealkylation sites (tertiary alicyclic amines) is 1. The summed E-state index contributed by atoms with van der Waals surface area (Å²) in [6.45, 7) is 2.45. The van der Waals surface area contributed by atoms with Crippen LogP contribution in [-0.4, -0.2) is 50.3 Å². The maximum absolute atomic E-state index is 13.6. The third kappa shape index (κ3) is 4.78. The second-order valence-corrected chi connectivity index (χ2v) is 10.7. The van der Waals surface area contributed by atoms with Crippen molar-refractivity contribution in [2.45, 2.75) is 57.5 Å². The van der Waals surface area contributed by atoms with Crippen molar-refractivity contribution in [2.75, 3.05) is 20.2 Å². The highest BCUT2D eigenvalue weighted by Gasteiger charge is 2.41. The fraction of sp³-hybridized carbons (Fsp3) is 0.448. The summed E-state index contributed by atoms with van der Waals surface area (Å²) in [6, 6.07) is 17.7. The van der Waals surface area contributed by atoms with E-state index >= 15 is 0 Å². The Hall–Kier alpha value is -3.52. The van der Waals surface area contributed by atoms with E-state index in [-0.39, 0.29) is 11.6 Å². The number of ether oxygens (including phenoxy) is 1. The molecule has 0 radical (unpaired) electrons. The second kappa shape index (κ2) is 10.1. The van der Waals surface area contributed by atoms with E-state index in [2.05, 4.69) is 37.5 Å². The minimum absolute atomic E-state index is 0.108. The lowest BCUT2D eigenvalue weighted by molar-refractivity contribution is 0.0340. The zero-order valence-corrected chi connectivity index (χ0v) is 21.4. The highest BCUT2D eigenvalue weighted by Crippen LogP contribution is 2.45. The maximum atomic E-state index is 13.6. The lowest BCUT2D eigenvalue weighted by atomic mass is 9.69. The number of hydrogen-bond acceptors (Lipinski definition) is 6. The zero-order valence-electron chi connectivity index (χ0n) is 21.4. The number of nitrogens with zero attached hydrogens (tertiary/aromatic N) is 5. The van der Waals surface area contributed by atoms with Crippen LogP contribution in [0.25, 0.3) is 10.9 Å². The summed E-state index contributed by atoms with van der Waals surface area (Å²) in [7, 11) is 1.63. The van der Waals surface area contributed by atoms with Crippen molar-refractivity contribution < 1.29 is 4.74 Å². The Morgan fingerprint density at radius 1 is 1.03 bits per heavy atom. The third-order valence-electron chi connectivity index (χ3n) is 8.33. The third-order valence-corrected chi connectivity index (χ3v) is 8.33. The van der Waals surface area contributed by atoms with Crippen LogP contribution in [0, 0.1) is 5.41 Å². The number of hydrogen-bond donors (Lipinski definition) is 1. The van der Waals surface area contributed by atoms with E-state index in [0.29, 0.717) is 17.5 Å². The molecule has 192 valence electrons. The molecule has 2 aromatic heterocycles. The molecule has 1 unspecified atom stereocenters. The molecule has 1 saturated heterocycles. The second-order valence-electron chi connectivity index (χ2n) is 10.7. The van der Waals surface area contributed by atoms with Gasteiger partial charge in [-0.2, -0.15) is 0 Å². The van der Waals surface area contributed by atoms with Crippen LogP contribution in [0.2, 0.25) is 0 Å². The van der Waals surface area contributed by atoms with Gasteiger partial charge in [0.1, 0.15) is 11.8 Å². The normalized spacial score (nSPS) is 18.7. The zero-order chi connectivity index (χ0) is 25.2. The Balaban J connectivity index is 1.45. The van der Waals surface area contributed by atoms with Crippen LogP contribution in [0.5, 0.6) is 5.75 Å². The Kier molecular flexibility index (Phi) is 6.50. The van der Waals surface area contributed by atoms with Gasteiger partial charge in [-0.1, -0.05) is 49.6 Å². The van der Waals surface area contributed by atoms with E-state index in [1.54, 1.807) is 7.11 Å². The predicted octanol–water partition coefficient (Wildman–Crippen LogP) is 4.71. The number of fused-ring (bicyclic) bond motifs is 1. The highest BCUT2D eigenvalue weighted by atomic mass is 16.5. The molecule has 2 aliphatic rings. The largest absolute Gasteiger partial charge is 0.497 e. The Labute approximate surface area is 216 Å². The van der Waals surface area contributed by atoms with Gasteiger partial charge in [-0.25, -0.2) is 4.68 Å². The summed E-state index contributed by atoms with van der Waals surface area (Å²) in [5.74, 6) is 1.43. The summed E-state index contributed by atoms with van der Waals surface area (Å²) in [5.41, 5.74) is 2.79. The van der Waals surface area contributed by atoms with E-state index in [1.807, 2.05) is 47.1 Å². The fourth-order valence-electron chi connectivity index (χ4n) is 6.48. The molecule has 0 amide bonds. The van der Waals surface area contributed by atoms with Crippen molar-refractivity contribution in [3.05, 3.63) is 81.9 Å². The molecular formula is C29H34N6O2. The van der Waals surface area contributed by atoms with Crippen molar-refractivity contribution in [3.63, 3.8) is 0 Å². The van der Waals surface area contributed by atoms with Crippen LogP contribution in [-0.2, 0) is 6.54 Å². The number of aromatic amines is 1. The molecule has 8 nitrogen and oxygen atoms in total. The lowest BCUT2D eigenvalue weighted by Gasteiger charge is -2.47. The molecule has 1 spiro atoms. The number of benzene rings is 2. The number of tetrazole rings is 1. The van der Waals surface area contributed by atoms with Gasteiger partial charge in [-0.3, -0.25) is 9.69 Å². The van der Waals surface area contributed by atoms with Crippen LogP contribution < -0.4 is 10.3 Å². The number of H-pyrrole nitrogens is 1. The standard InChI is InChI=1S/C29H34N6O2/c1-37-23-12-11-22-17-24(28(36)30-25(22)18-23)26(34-16-8-15-29(20-34)13-6-3-7-14-29)27-31-32-33-35(27)19-21-9-4-2-5-10-21/h2,4-5,9-12,17-18,26H,3,6-8,13-16,19-20H2,1H3,(H,30,36). The molecule has 2 fully saturated rings. The number of pyridine rings is 1. The molecule has 37 heavy (non-hydrogen) atoms. The maximum Gasteiger partial charge on any atom is 0.253 e. The van der Waals surface area contributed by atoms with Crippen LogP contribution >= 0.6 is 0 Å². The van der Waals surface area contributed by atoms with Crippen molar-refractivity contribution in [1.29, 1.82) is 0 Å². The minimum atomic E-state index is -0.326. The van der Waals surface area contributed by atoms with Crippen molar-refractivity contribution in [1.82, 2.24) is 30.1 Å². The molecule has 1 aliphatic carbocycles. The quantitative estimate of drug-likeness (QED) is 0.414. The lowest BCUT2D eigenvalue weighted by Crippen LogP contribution is -2.47. The first-order valence-electron chi connectivity index (χ1n) is 13.4. The summed E-state index contributed by atoms with van der Waals surface area (Å²) < 4.78 is 7.23. The van der Waals surface area contributed by atoms with Crippen LogP contribution in [0.1, 0.15) is 67.9 Å². The Morgan fingerprint density at radius 2 is 1.84 bits per heavy atom. The molecule has 1 N–H and O–H groups in total. The van der Waals surface area contributed by atoms with Gasteiger partial charge in [-0.05, 0) is 77.2 Å². The number of piperidine rings is 1. The molecule has 1 saturated carbocycles. The van der Waals surface area contributed by atoms with Gasteiger partial charge >= 0.3 is 0 Å². The first-order chi connectivity index (χ1) is 18.1. The first kappa shape index (κ1) is 23.9. The van der Waals surface area contributed by atoms with Crippen LogP contribution in [0.3, 0.4) is 0 Å². The molecule has 4 aromatic rings. The molecule has 0 bridgehead atoms. The van der Waals surface area contributed by atoms with Gasteiger partial charge in [0.15, 0.2) is 5.82 Å². The summed E-state index contributed by atoms with van der Waals surface area (Å²) in [5, 5.41) is 14.0. The van der Waals surface area contributed by atoms with Crippen LogP contribution in [0.4, 0.5) is 0 Å². The monoisotopic (exact) mass is 498 g/mol.